The SMILES string of the molecule is Cc1cc(O)cc(O[C@H]2C[C@@H](O)[C@H](O)[C@@H](CO)S2)c1Cc1ccc(/C=C/CNC(=O)NC(C)(C)CO)cc1. The van der Waals surface area contributed by atoms with E-state index in [1.54, 1.807) is 26.0 Å². The van der Waals surface area contributed by atoms with Gasteiger partial charge in [-0.05, 0) is 43.5 Å². The van der Waals surface area contributed by atoms with Crippen molar-refractivity contribution in [1.29, 1.82) is 0 Å². The van der Waals surface area contributed by atoms with E-state index in [9.17, 15) is 30.3 Å². The molecule has 0 radical (unpaired) electrons. The molecule has 1 aliphatic rings. The average molecular weight is 547 g/mol. The minimum absolute atomic E-state index is 0.0732. The molecule has 1 aliphatic heterocycles. The Morgan fingerprint density at radius 1 is 1.18 bits per heavy atom. The fourth-order valence-corrected chi connectivity index (χ4v) is 5.36. The molecular weight excluding hydrogens is 508 g/mol. The van der Waals surface area contributed by atoms with Gasteiger partial charge in [0.2, 0.25) is 0 Å². The minimum Gasteiger partial charge on any atom is -0.508 e. The maximum absolute atomic E-state index is 11.9. The molecule has 1 heterocycles. The standard InChI is InChI=1S/C28H38N2O7S/c1-17-11-20(33)13-23(37-25-14-22(34)26(35)24(15-31)38-25)21(17)12-19-8-6-18(7-9-19)5-4-10-29-27(36)30-28(2,3)16-32/h4-9,11,13,22,24-26,31-35H,10,12,14-16H2,1-3H3,(H2,29,30,36)/b5-4+/t22-,24-,25-,26+/m1/s1. The molecule has 2 aromatic rings. The molecule has 1 fully saturated rings. The summed E-state index contributed by atoms with van der Waals surface area (Å²) in [4.78, 5) is 11.9. The molecule has 0 spiro atoms. The summed E-state index contributed by atoms with van der Waals surface area (Å²) in [5.74, 6) is 0.571. The molecule has 2 amide bonds. The van der Waals surface area contributed by atoms with Gasteiger partial charge in [0, 0.05) is 31.0 Å². The Hall–Kier alpha value is -2.76. The summed E-state index contributed by atoms with van der Waals surface area (Å²) in [6.07, 6.45) is 2.47. The number of nitrogens with one attached hydrogen (secondary N) is 2. The summed E-state index contributed by atoms with van der Waals surface area (Å²) in [7, 11) is 0. The topological polar surface area (TPSA) is 152 Å². The Balaban J connectivity index is 1.63. The number of benzene rings is 2. The predicted molar refractivity (Wildman–Crippen MR) is 148 cm³/mol. The van der Waals surface area contributed by atoms with Crippen LogP contribution in [-0.2, 0) is 6.42 Å². The van der Waals surface area contributed by atoms with Gasteiger partial charge in [0.15, 0.2) is 0 Å². The summed E-state index contributed by atoms with van der Waals surface area (Å²) in [6, 6.07) is 10.8. The van der Waals surface area contributed by atoms with Gasteiger partial charge in [-0.1, -0.05) is 36.4 Å². The van der Waals surface area contributed by atoms with Gasteiger partial charge in [-0.15, -0.1) is 11.8 Å². The van der Waals surface area contributed by atoms with E-state index < -0.39 is 28.4 Å². The van der Waals surface area contributed by atoms with Gasteiger partial charge < -0.3 is 40.9 Å². The maximum atomic E-state index is 11.9. The van der Waals surface area contributed by atoms with Crippen molar-refractivity contribution in [1.82, 2.24) is 10.6 Å². The largest absolute Gasteiger partial charge is 0.508 e. The van der Waals surface area contributed by atoms with E-state index in [1.165, 1.54) is 11.8 Å². The second-order valence-corrected chi connectivity index (χ2v) is 11.5. The molecule has 0 unspecified atom stereocenters. The fraction of sp³-hybridized carbons (Fsp3) is 0.464. The van der Waals surface area contributed by atoms with Crippen molar-refractivity contribution in [3.8, 4) is 11.5 Å². The van der Waals surface area contributed by atoms with E-state index in [0.717, 1.165) is 22.3 Å². The highest BCUT2D eigenvalue weighted by Crippen LogP contribution is 2.37. The van der Waals surface area contributed by atoms with Crippen molar-refractivity contribution in [2.24, 2.45) is 0 Å². The molecule has 1 saturated heterocycles. The number of aromatic hydroxyl groups is 1. The van der Waals surface area contributed by atoms with Crippen LogP contribution in [0.3, 0.4) is 0 Å². The van der Waals surface area contributed by atoms with Crippen LogP contribution in [0.25, 0.3) is 6.08 Å². The number of phenols is 1. The van der Waals surface area contributed by atoms with Gasteiger partial charge >= 0.3 is 6.03 Å². The quantitative estimate of drug-likeness (QED) is 0.240. The number of aliphatic hydroxyl groups excluding tert-OH is 4. The van der Waals surface area contributed by atoms with Crippen LogP contribution in [0.1, 0.15) is 42.5 Å². The smallest absolute Gasteiger partial charge is 0.315 e. The van der Waals surface area contributed by atoms with Crippen LogP contribution < -0.4 is 15.4 Å². The van der Waals surface area contributed by atoms with Crippen molar-refractivity contribution in [2.45, 2.75) is 62.0 Å². The van der Waals surface area contributed by atoms with E-state index in [-0.39, 0.29) is 31.4 Å². The maximum Gasteiger partial charge on any atom is 0.315 e. The summed E-state index contributed by atoms with van der Waals surface area (Å²) < 4.78 is 6.17. The first-order valence-electron chi connectivity index (χ1n) is 12.5. The highest BCUT2D eigenvalue weighted by Gasteiger charge is 2.37. The van der Waals surface area contributed by atoms with Gasteiger partial charge in [0.25, 0.3) is 0 Å². The second kappa shape index (κ2) is 13.3. The molecule has 9 nitrogen and oxygen atoms in total. The number of rotatable bonds is 10. The van der Waals surface area contributed by atoms with E-state index in [1.807, 2.05) is 43.3 Å². The normalized spacial score (nSPS) is 21.9. The van der Waals surface area contributed by atoms with Crippen LogP contribution in [0.5, 0.6) is 11.5 Å². The van der Waals surface area contributed by atoms with Gasteiger partial charge in [0.1, 0.15) is 16.9 Å². The van der Waals surface area contributed by atoms with Crippen LogP contribution in [0.15, 0.2) is 42.5 Å². The number of ether oxygens (including phenoxy) is 1. The molecule has 10 heteroatoms. The first-order chi connectivity index (χ1) is 18.0. The number of amides is 2. The zero-order valence-corrected chi connectivity index (χ0v) is 22.7. The van der Waals surface area contributed by atoms with E-state index in [0.29, 0.717) is 18.7 Å². The number of carbonyl (C=O) groups is 1. The number of hydrogen-bond acceptors (Lipinski definition) is 8. The van der Waals surface area contributed by atoms with Crippen LogP contribution in [0.2, 0.25) is 0 Å². The van der Waals surface area contributed by atoms with Crippen molar-refractivity contribution >= 4 is 23.9 Å². The Morgan fingerprint density at radius 3 is 2.55 bits per heavy atom. The number of carbonyl (C=O) groups excluding carboxylic acids is 1. The third kappa shape index (κ3) is 8.37. The summed E-state index contributed by atoms with van der Waals surface area (Å²) >= 11 is 1.27. The predicted octanol–water partition coefficient (Wildman–Crippen LogP) is 2.30. The van der Waals surface area contributed by atoms with Crippen molar-refractivity contribution in [3.63, 3.8) is 0 Å². The highest BCUT2D eigenvalue weighted by atomic mass is 32.2. The molecular formula is C28H38N2O7S. The number of urea groups is 1. The van der Waals surface area contributed by atoms with Crippen LogP contribution >= 0.6 is 11.8 Å². The summed E-state index contributed by atoms with van der Waals surface area (Å²) in [5.41, 5.74) is 2.58. The lowest BCUT2D eigenvalue weighted by atomic mass is 9.98. The minimum atomic E-state index is -1.02. The molecule has 0 aliphatic carbocycles. The number of hydrogen-bond donors (Lipinski definition) is 7. The van der Waals surface area contributed by atoms with Crippen LogP contribution in [-0.4, -0.2) is 79.8 Å². The summed E-state index contributed by atoms with van der Waals surface area (Å²) in [6.45, 7) is 5.26. The first-order valence-corrected chi connectivity index (χ1v) is 13.5. The van der Waals surface area contributed by atoms with Crippen LogP contribution in [0, 0.1) is 6.92 Å². The summed E-state index contributed by atoms with van der Waals surface area (Å²) in [5, 5.41) is 54.1. The second-order valence-electron chi connectivity index (χ2n) is 10.1. The zero-order chi connectivity index (χ0) is 27.9. The van der Waals surface area contributed by atoms with E-state index >= 15 is 0 Å². The highest BCUT2D eigenvalue weighted by molar-refractivity contribution is 8.00. The number of phenolic OH excluding ortho intramolecular Hbond substituents is 1. The fourth-order valence-electron chi connectivity index (χ4n) is 4.07. The third-order valence-corrected chi connectivity index (χ3v) is 7.66. The van der Waals surface area contributed by atoms with E-state index in [2.05, 4.69) is 10.6 Å². The molecule has 0 saturated carbocycles. The van der Waals surface area contributed by atoms with Gasteiger partial charge in [-0.2, -0.15) is 0 Å². The Kier molecular flexibility index (Phi) is 10.5. The van der Waals surface area contributed by atoms with Crippen molar-refractivity contribution in [2.75, 3.05) is 19.8 Å². The Bertz CT molecular complexity index is 1110. The average Bonchev–Trinajstić information content (AvgIpc) is 2.86. The van der Waals surface area contributed by atoms with Gasteiger partial charge in [0.05, 0.1) is 36.2 Å². The lowest BCUT2D eigenvalue weighted by Crippen LogP contribution is -2.50. The first kappa shape index (κ1) is 29.8. The molecule has 0 aromatic heterocycles. The molecule has 3 rings (SSSR count). The monoisotopic (exact) mass is 546 g/mol. The lowest BCUT2D eigenvalue weighted by molar-refractivity contribution is -0.0126. The van der Waals surface area contributed by atoms with Gasteiger partial charge in [-0.3, -0.25) is 0 Å². The zero-order valence-electron chi connectivity index (χ0n) is 21.9. The van der Waals surface area contributed by atoms with Gasteiger partial charge in [-0.25, -0.2) is 4.79 Å². The molecule has 4 atom stereocenters. The molecule has 0 bridgehead atoms. The molecule has 7 N–H and O–H groups in total. The lowest BCUT2D eigenvalue weighted by Gasteiger charge is -2.35. The number of thioether (sulfide) groups is 1. The number of aliphatic hydroxyl groups is 4. The van der Waals surface area contributed by atoms with E-state index in [4.69, 9.17) is 4.74 Å². The number of aryl methyl sites for hydroxylation is 1. The molecule has 2 aromatic carbocycles. The third-order valence-electron chi connectivity index (χ3n) is 6.29. The Labute approximate surface area is 227 Å². The van der Waals surface area contributed by atoms with Crippen molar-refractivity contribution in [3.05, 3.63) is 64.7 Å². The molecule has 208 valence electrons. The molecule has 38 heavy (non-hydrogen) atoms. The van der Waals surface area contributed by atoms with Crippen LogP contribution in [0.4, 0.5) is 4.79 Å². The Morgan fingerprint density at radius 2 is 1.89 bits per heavy atom. The van der Waals surface area contributed by atoms with Crippen molar-refractivity contribution < 1.29 is 35.1 Å².